The fourth-order valence-corrected chi connectivity index (χ4v) is 3.00. The van der Waals surface area contributed by atoms with E-state index in [-0.39, 0.29) is 9.52 Å². The van der Waals surface area contributed by atoms with E-state index < -0.39 is 0 Å². The molecule has 0 atom stereocenters. The van der Waals surface area contributed by atoms with E-state index in [1.165, 1.54) is 19.3 Å². The molecule has 0 aromatic heterocycles. The molecular formula is C9H20Si. The predicted octanol–water partition coefficient (Wildman–Crippen LogP) is 2.69. The first-order valence-corrected chi connectivity index (χ1v) is 6.61. The molecular weight excluding hydrogens is 136 g/mol. The van der Waals surface area contributed by atoms with Crippen molar-refractivity contribution in [2.75, 3.05) is 0 Å². The molecule has 0 N–H and O–H groups in total. The van der Waals surface area contributed by atoms with E-state index in [1.807, 2.05) is 5.20 Å². The van der Waals surface area contributed by atoms with Crippen molar-refractivity contribution in [2.45, 2.75) is 46.6 Å². The third kappa shape index (κ3) is 2.69. The van der Waals surface area contributed by atoms with Gasteiger partial charge in [-0.05, 0) is 19.3 Å². The molecule has 10 heavy (non-hydrogen) atoms. The van der Waals surface area contributed by atoms with Crippen LogP contribution in [0.1, 0.15) is 40.0 Å². The van der Waals surface area contributed by atoms with Gasteiger partial charge in [-0.25, -0.2) is 0 Å². The number of rotatable bonds is 4. The lowest BCUT2D eigenvalue weighted by atomic mass is 10.1. The summed E-state index contributed by atoms with van der Waals surface area (Å²) < 4.78 is 0. The van der Waals surface area contributed by atoms with Crippen molar-refractivity contribution in [1.29, 1.82) is 0 Å². The van der Waals surface area contributed by atoms with Crippen LogP contribution in [-0.4, -0.2) is 9.52 Å². The van der Waals surface area contributed by atoms with Gasteiger partial charge in [0.05, 0.1) is 0 Å². The smallest absolute Gasteiger partial charge is 0.0464 e. The van der Waals surface area contributed by atoms with Gasteiger partial charge in [-0.1, -0.05) is 38.1 Å². The standard InChI is InChI=1S/C9H20Si/c1-5-8(6-2)9(7-3)10-4/h5-7,10H2,1-4H3. The van der Waals surface area contributed by atoms with E-state index in [4.69, 9.17) is 0 Å². The summed E-state index contributed by atoms with van der Waals surface area (Å²) in [5, 5.41) is 1.81. The van der Waals surface area contributed by atoms with Crippen LogP contribution in [0, 0.1) is 0 Å². The van der Waals surface area contributed by atoms with Crippen LogP contribution < -0.4 is 0 Å². The molecule has 0 saturated heterocycles. The second kappa shape index (κ2) is 5.72. The Hall–Kier alpha value is -0.0431. The molecule has 0 aliphatic heterocycles. The van der Waals surface area contributed by atoms with Crippen LogP contribution in [0.15, 0.2) is 10.8 Å². The Balaban J connectivity index is 4.20. The Kier molecular flexibility index (Phi) is 5.70. The fourth-order valence-electron chi connectivity index (χ4n) is 1.50. The van der Waals surface area contributed by atoms with Crippen molar-refractivity contribution in [3.63, 3.8) is 0 Å². The second-order valence-corrected chi connectivity index (χ2v) is 4.18. The van der Waals surface area contributed by atoms with Gasteiger partial charge >= 0.3 is 0 Å². The molecule has 0 radical (unpaired) electrons. The zero-order valence-corrected chi connectivity index (χ0v) is 9.24. The Morgan fingerprint density at radius 3 is 1.60 bits per heavy atom. The van der Waals surface area contributed by atoms with Gasteiger partial charge in [0.1, 0.15) is 0 Å². The largest absolute Gasteiger partial charge is 0.0893 e. The van der Waals surface area contributed by atoms with Crippen LogP contribution in [0.25, 0.3) is 0 Å². The first-order valence-electron chi connectivity index (χ1n) is 4.49. The normalized spacial score (nSPS) is 10.8. The van der Waals surface area contributed by atoms with E-state index in [9.17, 15) is 0 Å². The zero-order chi connectivity index (χ0) is 7.98. The summed E-state index contributed by atoms with van der Waals surface area (Å²) in [6.07, 6.45) is 3.86. The van der Waals surface area contributed by atoms with Crippen molar-refractivity contribution in [1.82, 2.24) is 0 Å². The molecule has 0 heterocycles. The average Bonchev–Trinajstić information content (AvgIpc) is 2.00. The molecule has 0 nitrogen and oxygen atoms in total. The minimum atomic E-state index is 0.138. The summed E-state index contributed by atoms with van der Waals surface area (Å²) >= 11 is 0. The SMILES string of the molecule is CCC(CC)=C(CC)[SiH2]C. The van der Waals surface area contributed by atoms with Gasteiger partial charge in [-0.15, -0.1) is 0 Å². The fraction of sp³-hybridized carbons (Fsp3) is 0.778. The molecule has 0 amide bonds. The average molecular weight is 156 g/mol. The maximum absolute atomic E-state index is 2.39. The molecule has 0 aromatic rings. The molecule has 0 aliphatic rings. The molecule has 1 heteroatoms. The van der Waals surface area contributed by atoms with Crippen molar-refractivity contribution in [3.05, 3.63) is 10.8 Å². The predicted molar refractivity (Wildman–Crippen MR) is 52.3 cm³/mol. The Bertz CT molecular complexity index is 87.9. The van der Waals surface area contributed by atoms with E-state index in [2.05, 4.69) is 27.3 Å². The monoisotopic (exact) mass is 156 g/mol. The Morgan fingerprint density at radius 1 is 1.00 bits per heavy atom. The molecule has 0 rings (SSSR count). The summed E-state index contributed by atoms with van der Waals surface area (Å²) in [7, 11) is 0.138. The summed E-state index contributed by atoms with van der Waals surface area (Å²) in [5.41, 5.74) is 1.73. The highest BCUT2D eigenvalue weighted by atomic mass is 28.2. The minimum Gasteiger partial charge on any atom is -0.0893 e. The molecule has 0 unspecified atom stereocenters. The summed E-state index contributed by atoms with van der Waals surface area (Å²) in [6.45, 7) is 9.23. The van der Waals surface area contributed by atoms with E-state index >= 15 is 0 Å². The molecule has 0 bridgehead atoms. The highest BCUT2D eigenvalue weighted by molar-refractivity contribution is 6.43. The first-order chi connectivity index (χ1) is 4.79. The van der Waals surface area contributed by atoms with Crippen LogP contribution >= 0.6 is 0 Å². The number of hydrogen-bond donors (Lipinski definition) is 0. The van der Waals surface area contributed by atoms with Crippen LogP contribution in [0.2, 0.25) is 6.55 Å². The second-order valence-electron chi connectivity index (χ2n) is 2.62. The molecule has 0 aliphatic carbocycles. The van der Waals surface area contributed by atoms with Gasteiger partial charge in [0.25, 0.3) is 0 Å². The van der Waals surface area contributed by atoms with Gasteiger partial charge in [0, 0.05) is 9.52 Å². The summed E-state index contributed by atoms with van der Waals surface area (Å²) in [5.74, 6) is 0. The zero-order valence-electron chi connectivity index (χ0n) is 7.83. The van der Waals surface area contributed by atoms with E-state index in [0.717, 1.165) is 0 Å². The quantitative estimate of drug-likeness (QED) is 0.549. The molecule has 0 fully saturated rings. The van der Waals surface area contributed by atoms with Crippen molar-refractivity contribution in [2.24, 2.45) is 0 Å². The van der Waals surface area contributed by atoms with Gasteiger partial charge < -0.3 is 0 Å². The number of allylic oxidation sites excluding steroid dienone is 2. The maximum Gasteiger partial charge on any atom is 0.0464 e. The number of hydrogen-bond acceptors (Lipinski definition) is 0. The van der Waals surface area contributed by atoms with Crippen molar-refractivity contribution in [3.8, 4) is 0 Å². The molecule has 0 spiro atoms. The lowest BCUT2D eigenvalue weighted by Gasteiger charge is -2.07. The Labute approximate surface area is 67.5 Å². The lowest BCUT2D eigenvalue weighted by Crippen LogP contribution is -1.95. The van der Waals surface area contributed by atoms with E-state index in [0.29, 0.717) is 0 Å². The van der Waals surface area contributed by atoms with Gasteiger partial charge in [-0.3, -0.25) is 0 Å². The van der Waals surface area contributed by atoms with Crippen LogP contribution in [-0.2, 0) is 0 Å². The maximum atomic E-state index is 2.39. The van der Waals surface area contributed by atoms with Crippen LogP contribution in [0.5, 0.6) is 0 Å². The van der Waals surface area contributed by atoms with E-state index in [1.54, 1.807) is 5.57 Å². The lowest BCUT2D eigenvalue weighted by molar-refractivity contribution is 0.942. The molecule has 60 valence electrons. The van der Waals surface area contributed by atoms with Crippen molar-refractivity contribution >= 4 is 9.52 Å². The van der Waals surface area contributed by atoms with Crippen LogP contribution in [0.3, 0.4) is 0 Å². The van der Waals surface area contributed by atoms with Crippen molar-refractivity contribution < 1.29 is 0 Å². The molecule has 0 saturated carbocycles. The third-order valence-electron chi connectivity index (χ3n) is 2.21. The van der Waals surface area contributed by atoms with Gasteiger partial charge in [-0.2, -0.15) is 0 Å². The highest BCUT2D eigenvalue weighted by Crippen LogP contribution is 2.14. The van der Waals surface area contributed by atoms with Crippen LogP contribution in [0.4, 0.5) is 0 Å². The summed E-state index contributed by atoms with van der Waals surface area (Å²) in [4.78, 5) is 0. The Morgan fingerprint density at radius 2 is 1.50 bits per heavy atom. The minimum absolute atomic E-state index is 0.138. The topological polar surface area (TPSA) is 0 Å². The first kappa shape index (κ1) is 9.96. The van der Waals surface area contributed by atoms with Gasteiger partial charge in [0.15, 0.2) is 0 Å². The highest BCUT2D eigenvalue weighted by Gasteiger charge is 1.97. The van der Waals surface area contributed by atoms with Gasteiger partial charge in [0.2, 0.25) is 0 Å². The summed E-state index contributed by atoms with van der Waals surface area (Å²) in [6, 6.07) is 0. The molecule has 0 aromatic carbocycles. The third-order valence-corrected chi connectivity index (χ3v) is 4.06.